The van der Waals surface area contributed by atoms with Gasteiger partial charge in [0.15, 0.2) is 0 Å². The van der Waals surface area contributed by atoms with Gasteiger partial charge in [-0.3, -0.25) is 0 Å². The summed E-state index contributed by atoms with van der Waals surface area (Å²) < 4.78 is 11.8. The van der Waals surface area contributed by atoms with Crippen LogP contribution in [0, 0.1) is 9.02 Å². The highest BCUT2D eigenvalue weighted by Crippen LogP contribution is 2.62. The van der Waals surface area contributed by atoms with Crippen LogP contribution < -0.4 is 10.7 Å². The number of fused-ring (bicyclic) bond motifs is 2. The highest BCUT2D eigenvalue weighted by molar-refractivity contribution is 9.39. The lowest BCUT2D eigenvalue weighted by atomic mass is 10.4. The van der Waals surface area contributed by atoms with E-state index >= 15 is 0 Å². The maximum atomic E-state index is 4.55. The van der Waals surface area contributed by atoms with E-state index in [1.807, 2.05) is 9.83 Å². The average molecular weight is 341 g/mol. The molecule has 19 heavy (non-hydrogen) atoms. The summed E-state index contributed by atoms with van der Waals surface area (Å²) in [5.74, 6) is 0. The van der Waals surface area contributed by atoms with Gasteiger partial charge in [0, 0.05) is 31.0 Å². The van der Waals surface area contributed by atoms with Gasteiger partial charge in [-0.05, 0) is 51.2 Å². The summed E-state index contributed by atoms with van der Waals surface area (Å²) in [5.41, 5.74) is 0. The van der Waals surface area contributed by atoms with Gasteiger partial charge in [0.25, 0.3) is 0 Å². The first-order chi connectivity index (χ1) is 9.42. The van der Waals surface area contributed by atoms with E-state index in [-0.39, 0.29) is 17.1 Å². The Balaban J connectivity index is 1.85. The standard InChI is InChI=1S/C12H8N2S5/c1-3-7-11-9(5-1)13-15-18(11)17-19-12-8-4-2-6-10(12)14-16-19/h1-8H. The third-order valence-electron chi connectivity index (χ3n) is 2.62. The molecule has 4 rings (SSSR count). The van der Waals surface area contributed by atoms with Crippen molar-refractivity contribution in [3.8, 4) is 0 Å². The van der Waals surface area contributed by atoms with Crippen molar-refractivity contribution in [3.63, 3.8) is 0 Å². The van der Waals surface area contributed by atoms with Gasteiger partial charge in [0.05, 0.1) is 10.7 Å². The zero-order valence-electron chi connectivity index (χ0n) is 9.55. The molecule has 2 aromatic rings. The monoisotopic (exact) mass is 340 g/mol. The van der Waals surface area contributed by atoms with Gasteiger partial charge in [0.2, 0.25) is 0 Å². The van der Waals surface area contributed by atoms with Crippen LogP contribution in [0.4, 0.5) is 0 Å². The third-order valence-corrected chi connectivity index (χ3v) is 15.6. The molecule has 0 aromatic heterocycles. The predicted octanol–water partition coefficient (Wildman–Crippen LogP) is 4.38. The van der Waals surface area contributed by atoms with Crippen molar-refractivity contribution in [2.45, 2.75) is 0 Å². The Morgan fingerprint density at radius 3 is 1.74 bits per heavy atom. The van der Waals surface area contributed by atoms with E-state index in [9.17, 15) is 0 Å². The smallest absolute Gasteiger partial charge is 0.0868 e. The second-order valence-corrected chi connectivity index (χ2v) is 14.2. The van der Waals surface area contributed by atoms with Crippen LogP contribution in [0.1, 0.15) is 0 Å². The van der Waals surface area contributed by atoms with E-state index in [1.165, 1.54) is 9.02 Å². The molecule has 7 heteroatoms. The minimum absolute atomic E-state index is 0.0988. The number of rotatable bonds is 2. The molecule has 0 N–H and O–H groups in total. The Morgan fingerprint density at radius 2 is 1.21 bits per heavy atom. The predicted molar refractivity (Wildman–Crippen MR) is 90.8 cm³/mol. The highest BCUT2D eigenvalue weighted by Gasteiger charge is 2.13. The molecular weight excluding hydrogens is 332 g/mol. The lowest BCUT2D eigenvalue weighted by molar-refractivity contribution is 1.46. The van der Waals surface area contributed by atoms with Crippen molar-refractivity contribution < 1.29 is 0 Å². The average Bonchev–Trinajstić information content (AvgIpc) is 3.05. The van der Waals surface area contributed by atoms with Crippen molar-refractivity contribution in [2.75, 3.05) is 0 Å². The Bertz CT molecular complexity index is 831. The SMILES string of the molecule is c1ccc2c(c1)=NSS=2SS1=c2ccccc2=NS1. The van der Waals surface area contributed by atoms with Crippen LogP contribution in [0.5, 0.6) is 0 Å². The molecular formula is C12H8N2S5. The maximum absolute atomic E-state index is 4.55. The van der Waals surface area contributed by atoms with Crippen molar-refractivity contribution in [1.29, 1.82) is 0 Å². The molecule has 0 amide bonds. The minimum Gasteiger partial charge on any atom is -0.204 e. The molecule has 0 saturated carbocycles. The van der Waals surface area contributed by atoms with Crippen LogP contribution in [-0.4, -0.2) is 0 Å². The lowest BCUT2D eigenvalue weighted by Gasteiger charge is -2.01. The topological polar surface area (TPSA) is 24.7 Å². The molecule has 0 aliphatic carbocycles. The van der Waals surface area contributed by atoms with Gasteiger partial charge >= 0.3 is 0 Å². The van der Waals surface area contributed by atoms with E-state index in [0.717, 1.165) is 10.7 Å². The quantitative estimate of drug-likeness (QED) is 0.461. The number of nitrogens with zero attached hydrogens (tertiary/aromatic N) is 2. The molecule has 0 spiro atoms. The molecule has 2 nitrogen and oxygen atoms in total. The zero-order valence-corrected chi connectivity index (χ0v) is 13.6. The van der Waals surface area contributed by atoms with E-state index in [1.54, 1.807) is 22.0 Å². The fourth-order valence-electron chi connectivity index (χ4n) is 1.73. The Hall–Kier alpha value is -0.210. The number of hydrogen-bond acceptors (Lipinski definition) is 5. The summed E-state index contributed by atoms with van der Waals surface area (Å²) in [6, 6.07) is 16.9. The van der Waals surface area contributed by atoms with Crippen LogP contribution in [0.15, 0.2) is 57.3 Å². The summed E-state index contributed by atoms with van der Waals surface area (Å²) in [4.78, 5) is 0. The van der Waals surface area contributed by atoms with Gasteiger partial charge in [-0.25, -0.2) is 8.80 Å². The summed E-state index contributed by atoms with van der Waals surface area (Å²) in [5, 5.41) is 2.28. The van der Waals surface area contributed by atoms with Gasteiger partial charge in [0.1, 0.15) is 0 Å². The largest absolute Gasteiger partial charge is 0.204 e. The zero-order chi connectivity index (χ0) is 12.7. The van der Waals surface area contributed by atoms with Crippen LogP contribution in [0.2, 0.25) is 0 Å². The fraction of sp³-hybridized carbons (Fsp3) is 0. The summed E-state index contributed by atoms with van der Waals surface area (Å²) in [7, 11) is 5.59. The van der Waals surface area contributed by atoms with Crippen molar-refractivity contribution in [3.05, 3.63) is 68.3 Å². The highest BCUT2D eigenvalue weighted by atomic mass is 33.8. The summed E-state index contributed by atoms with van der Waals surface area (Å²) in [6.07, 6.45) is 0. The normalized spacial score (nSPS) is 23.4. The van der Waals surface area contributed by atoms with E-state index < -0.39 is 0 Å². The number of hydrogen-bond donors (Lipinski definition) is 0. The van der Waals surface area contributed by atoms with Crippen LogP contribution in [-0.2, 0) is 0 Å². The van der Waals surface area contributed by atoms with Crippen molar-refractivity contribution >= 4 is 48.9 Å². The van der Waals surface area contributed by atoms with E-state index in [4.69, 9.17) is 0 Å². The van der Waals surface area contributed by atoms with Gasteiger partial charge in [-0.2, -0.15) is 0 Å². The van der Waals surface area contributed by atoms with Crippen LogP contribution in [0.25, 0.3) is 0 Å². The Labute approximate surface area is 125 Å². The third kappa shape index (κ3) is 2.31. The van der Waals surface area contributed by atoms with E-state index in [0.29, 0.717) is 0 Å². The molecule has 2 atom stereocenters. The Kier molecular flexibility index (Phi) is 3.49. The molecule has 0 saturated heterocycles. The maximum Gasteiger partial charge on any atom is 0.0868 e. The minimum atomic E-state index is 0.0988. The van der Waals surface area contributed by atoms with Crippen LogP contribution in [0.3, 0.4) is 0 Å². The Morgan fingerprint density at radius 1 is 0.737 bits per heavy atom. The van der Waals surface area contributed by atoms with Crippen LogP contribution >= 0.6 is 48.9 Å². The molecule has 2 aliphatic rings. The number of benzene rings is 2. The molecule has 0 bridgehead atoms. The summed E-state index contributed by atoms with van der Waals surface area (Å²) >= 11 is 0. The molecule has 96 valence electrons. The first-order valence-corrected chi connectivity index (χ1v) is 12.4. The van der Waals surface area contributed by atoms with E-state index in [2.05, 4.69) is 57.3 Å². The summed E-state index contributed by atoms with van der Waals surface area (Å²) in [6.45, 7) is 0. The van der Waals surface area contributed by atoms with Gasteiger partial charge in [-0.1, -0.05) is 24.3 Å². The van der Waals surface area contributed by atoms with Crippen molar-refractivity contribution in [2.24, 2.45) is 8.80 Å². The second-order valence-electron chi connectivity index (χ2n) is 3.80. The molecule has 0 radical (unpaired) electrons. The first kappa shape index (κ1) is 12.5. The van der Waals surface area contributed by atoms with Crippen molar-refractivity contribution in [1.82, 2.24) is 0 Å². The van der Waals surface area contributed by atoms with Gasteiger partial charge < -0.3 is 0 Å². The molecule has 2 aromatic carbocycles. The molecule has 2 aliphatic heterocycles. The molecule has 2 unspecified atom stereocenters. The second kappa shape index (κ2) is 5.29. The lowest BCUT2D eigenvalue weighted by Crippen LogP contribution is -1.96. The van der Waals surface area contributed by atoms with Gasteiger partial charge in [-0.15, -0.1) is 0 Å². The first-order valence-electron chi connectivity index (χ1n) is 5.54. The molecule has 2 heterocycles. The fourth-order valence-corrected chi connectivity index (χ4v) is 16.5. The molecule has 0 fully saturated rings.